The second-order valence-corrected chi connectivity index (χ2v) is 4.38. The summed E-state index contributed by atoms with van der Waals surface area (Å²) in [6, 6.07) is 0. The minimum Gasteiger partial charge on any atom is -0.341 e. The predicted molar refractivity (Wildman–Crippen MR) is 57.9 cm³/mol. The molecule has 2 N–H and O–H groups in total. The summed E-state index contributed by atoms with van der Waals surface area (Å²) in [6.07, 6.45) is 4.67. The molecule has 1 fully saturated rings. The van der Waals surface area contributed by atoms with E-state index in [1.54, 1.807) is 0 Å². The van der Waals surface area contributed by atoms with Crippen LogP contribution in [-0.2, 0) is 4.79 Å². The van der Waals surface area contributed by atoms with E-state index in [1.165, 1.54) is 0 Å². The maximum absolute atomic E-state index is 11.7. The SMILES string of the molecule is CCCC(=O)N1CCCC(N)(CC)C1. The third-order valence-corrected chi connectivity index (χ3v) is 3.13. The van der Waals surface area contributed by atoms with Gasteiger partial charge in [-0.05, 0) is 25.7 Å². The van der Waals surface area contributed by atoms with Crippen molar-refractivity contribution in [2.24, 2.45) is 5.73 Å². The first kappa shape index (κ1) is 11.5. The van der Waals surface area contributed by atoms with Crippen molar-refractivity contribution in [2.45, 2.75) is 51.5 Å². The van der Waals surface area contributed by atoms with Gasteiger partial charge in [0.05, 0.1) is 0 Å². The fourth-order valence-corrected chi connectivity index (χ4v) is 2.03. The summed E-state index contributed by atoms with van der Waals surface area (Å²) in [7, 11) is 0. The van der Waals surface area contributed by atoms with Crippen LogP contribution in [0.25, 0.3) is 0 Å². The second kappa shape index (κ2) is 4.78. The summed E-state index contributed by atoms with van der Waals surface area (Å²) in [5, 5.41) is 0. The summed E-state index contributed by atoms with van der Waals surface area (Å²) in [4.78, 5) is 13.6. The standard InChI is InChI=1S/C11H22N2O/c1-3-6-10(14)13-8-5-7-11(12,4-2)9-13/h3-9,12H2,1-2H3. The number of likely N-dealkylation sites (tertiary alicyclic amines) is 1. The van der Waals surface area contributed by atoms with E-state index in [9.17, 15) is 4.79 Å². The number of rotatable bonds is 3. The first-order chi connectivity index (χ1) is 6.61. The molecule has 1 unspecified atom stereocenters. The number of piperidine rings is 1. The van der Waals surface area contributed by atoms with Crippen molar-refractivity contribution >= 4 is 5.91 Å². The van der Waals surface area contributed by atoms with Crippen molar-refractivity contribution in [3.05, 3.63) is 0 Å². The Labute approximate surface area is 86.6 Å². The Kier molecular flexibility index (Phi) is 3.93. The van der Waals surface area contributed by atoms with E-state index in [-0.39, 0.29) is 11.4 Å². The largest absolute Gasteiger partial charge is 0.341 e. The molecule has 1 aliphatic rings. The molecule has 1 aliphatic heterocycles. The Morgan fingerprint density at radius 2 is 2.21 bits per heavy atom. The number of nitrogens with zero attached hydrogens (tertiary/aromatic N) is 1. The summed E-state index contributed by atoms with van der Waals surface area (Å²) in [6.45, 7) is 5.80. The summed E-state index contributed by atoms with van der Waals surface area (Å²) in [5.41, 5.74) is 6.07. The van der Waals surface area contributed by atoms with Crippen LogP contribution in [0.4, 0.5) is 0 Å². The molecule has 0 saturated carbocycles. The van der Waals surface area contributed by atoms with Gasteiger partial charge >= 0.3 is 0 Å². The highest BCUT2D eigenvalue weighted by Crippen LogP contribution is 2.22. The van der Waals surface area contributed by atoms with Crippen LogP contribution in [0.3, 0.4) is 0 Å². The predicted octanol–water partition coefficient (Wildman–Crippen LogP) is 1.52. The zero-order chi connectivity index (χ0) is 10.6. The van der Waals surface area contributed by atoms with Gasteiger partial charge in [-0.2, -0.15) is 0 Å². The van der Waals surface area contributed by atoms with Gasteiger partial charge in [-0.1, -0.05) is 13.8 Å². The van der Waals surface area contributed by atoms with E-state index in [2.05, 4.69) is 6.92 Å². The maximum atomic E-state index is 11.7. The van der Waals surface area contributed by atoms with Gasteiger partial charge in [0, 0.05) is 25.0 Å². The van der Waals surface area contributed by atoms with Gasteiger partial charge in [-0.15, -0.1) is 0 Å². The smallest absolute Gasteiger partial charge is 0.222 e. The van der Waals surface area contributed by atoms with Crippen LogP contribution in [0.1, 0.15) is 46.0 Å². The monoisotopic (exact) mass is 198 g/mol. The Hall–Kier alpha value is -0.570. The zero-order valence-electron chi connectivity index (χ0n) is 9.38. The molecule has 0 aliphatic carbocycles. The molecule has 0 aromatic rings. The summed E-state index contributed by atoms with van der Waals surface area (Å²) in [5.74, 6) is 0.274. The van der Waals surface area contributed by atoms with Crippen molar-refractivity contribution < 1.29 is 4.79 Å². The highest BCUT2D eigenvalue weighted by Gasteiger charge is 2.31. The van der Waals surface area contributed by atoms with Gasteiger partial charge in [0.25, 0.3) is 0 Å². The molecule has 82 valence electrons. The van der Waals surface area contributed by atoms with Crippen LogP contribution >= 0.6 is 0 Å². The van der Waals surface area contributed by atoms with Gasteiger partial charge in [-0.3, -0.25) is 4.79 Å². The van der Waals surface area contributed by atoms with Crippen LogP contribution in [0, 0.1) is 0 Å². The van der Waals surface area contributed by atoms with E-state index >= 15 is 0 Å². The lowest BCUT2D eigenvalue weighted by Crippen LogP contribution is -2.55. The Morgan fingerprint density at radius 3 is 2.79 bits per heavy atom. The van der Waals surface area contributed by atoms with Crippen LogP contribution in [-0.4, -0.2) is 29.4 Å². The van der Waals surface area contributed by atoms with E-state index in [1.807, 2.05) is 11.8 Å². The molecule has 0 aromatic carbocycles. The van der Waals surface area contributed by atoms with Crippen LogP contribution in [0.15, 0.2) is 0 Å². The fourth-order valence-electron chi connectivity index (χ4n) is 2.03. The molecular weight excluding hydrogens is 176 g/mol. The molecule has 1 saturated heterocycles. The second-order valence-electron chi connectivity index (χ2n) is 4.38. The van der Waals surface area contributed by atoms with Gasteiger partial charge in [0.2, 0.25) is 5.91 Å². The average Bonchev–Trinajstić information content (AvgIpc) is 2.18. The molecule has 1 rings (SSSR count). The molecule has 0 radical (unpaired) electrons. The van der Waals surface area contributed by atoms with Gasteiger partial charge in [0.1, 0.15) is 0 Å². The average molecular weight is 198 g/mol. The molecule has 0 spiro atoms. The highest BCUT2D eigenvalue weighted by molar-refractivity contribution is 5.76. The number of carbonyl (C=O) groups excluding carboxylic acids is 1. The molecule has 0 bridgehead atoms. The molecular formula is C11H22N2O. The van der Waals surface area contributed by atoms with Crippen LogP contribution in [0.2, 0.25) is 0 Å². The minimum absolute atomic E-state index is 0.123. The molecule has 1 heterocycles. The number of amides is 1. The van der Waals surface area contributed by atoms with Crippen molar-refractivity contribution in [1.82, 2.24) is 4.90 Å². The molecule has 1 amide bonds. The van der Waals surface area contributed by atoms with Crippen molar-refractivity contribution in [3.63, 3.8) is 0 Å². The van der Waals surface area contributed by atoms with Crippen molar-refractivity contribution in [3.8, 4) is 0 Å². The topological polar surface area (TPSA) is 46.3 Å². The van der Waals surface area contributed by atoms with E-state index in [0.29, 0.717) is 6.42 Å². The fraction of sp³-hybridized carbons (Fsp3) is 0.909. The minimum atomic E-state index is -0.123. The lowest BCUT2D eigenvalue weighted by atomic mass is 9.87. The quantitative estimate of drug-likeness (QED) is 0.747. The number of carbonyl (C=O) groups is 1. The normalized spacial score (nSPS) is 27.8. The first-order valence-electron chi connectivity index (χ1n) is 5.68. The third kappa shape index (κ3) is 2.71. The molecule has 14 heavy (non-hydrogen) atoms. The maximum Gasteiger partial charge on any atom is 0.222 e. The molecule has 0 aromatic heterocycles. The van der Waals surface area contributed by atoms with E-state index in [0.717, 1.165) is 38.8 Å². The first-order valence-corrected chi connectivity index (χ1v) is 5.68. The zero-order valence-corrected chi connectivity index (χ0v) is 9.38. The Balaban J connectivity index is 2.51. The van der Waals surface area contributed by atoms with Gasteiger partial charge in [0.15, 0.2) is 0 Å². The lowest BCUT2D eigenvalue weighted by molar-refractivity contribution is -0.133. The van der Waals surface area contributed by atoms with E-state index < -0.39 is 0 Å². The molecule has 3 nitrogen and oxygen atoms in total. The van der Waals surface area contributed by atoms with E-state index in [4.69, 9.17) is 5.73 Å². The number of hydrogen-bond acceptors (Lipinski definition) is 2. The number of nitrogens with two attached hydrogens (primary N) is 1. The van der Waals surface area contributed by atoms with Crippen molar-refractivity contribution in [2.75, 3.05) is 13.1 Å². The summed E-state index contributed by atoms with van der Waals surface area (Å²) >= 11 is 0. The Morgan fingerprint density at radius 1 is 1.50 bits per heavy atom. The van der Waals surface area contributed by atoms with Crippen LogP contribution in [0.5, 0.6) is 0 Å². The number of hydrogen-bond donors (Lipinski definition) is 1. The Bertz CT molecular complexity index is 205. The lowest BCUT2D eigenvalue weighted by Gasteiger charge is -2.39. The van der Waals surface area contributed by atoms with Gasteiger partial charge < -0.3 is 10.6 Å². The van der Waals surface area contributed by atoms with Crippen LogP contribution < -0.4 is 5.73 Å². The molecule has 3 heteroatoms. The molecule has 1 atom stereocenters. The summed E-state index contributed by atoms with van der Waals surface area (Å²) < 4.78 is 0. The highest BCUT2D eigenvalue weighted by atomic mass is 16.2. The third-order valence-electron chi connectivity index (χ3n) is 3.13. The van der Waals surface area contributed by atoms with Gasteiger partial charge in [-0.25, -0.2) is 0 Å². The van der Waals surface area contributed by atoms with Crippen molar-refractivity contribution in [1.29, 1.82) is 0 Å².